The van der Waals surface area contributed by atoms with Gasteiger partial charge in [0, 0.05) is 24.2 Å². The highest BCUT2D eigenvalue weighted by molar-refractivity contribution is 5.99. The number of rotatable bonds is 4. The lowest BCUT2D eigenvalue weighted by atomic mass is 9.73. The summed E-state index contributed by atoms with van der Waals surface area (Å²) in [5, 5.41) is 13.6. The van der Waals surface area contributed by atoms with Crippen molar-refractivity contribution in [3.05, 3.63) is 41.8 Å². The van der Waals surface area contributed by atoms with Crippen LogP contribution in [0, 0.1) is 17.7 Å². The van der Waals surface area contributed by atoms with E-state index in [0.29, 0.717) is 41.4 Å². The van der Waals surface area contributed by atoms with E-state index in [1.54, 1.807) is 12.1 Å². The van der Waals surface area contributed by atoms with E-state index in [1.165, 1.54) is 44.0 Å². The van der Waals surface area contributed by atoms with Crippen molar-refractivity contribution in [2.24, 2.45) is 11.8 Å². The van der Waals surface area contributed by atoms with E-state index in [9.17, 15) is 9.18 Å². The Hall–Kier alpha value is -2.25. The van der Waals surface area contributed by atoms with Crippen LogP contribution in [0.5, 0.6) is 0 Å². The van der Waals surface area contributed by atoms with Crippen molar-refractivity contribution in [3.63, 3.8) is 0 Å². The third-order valence-corrected chi connectivity index (χ3v) is 6.99. The number of benzene rings is 1. The first-order valence-electron chi connectivity index (χ1n) is 10.7. The number of hydrogen-bond acceptors (Lipinski definition) is 4. The molecule has 2 bridgehead atoms. The smallest absolute Gasteiger partial charge is 0.255 e. The Balaban J connectivity index is 1.31. The average Bonchev–Trinajstić information content (AvgIpc) is 3.24. The van der Waals surface area contributed by atoms with Crippen LogP contribution in [-0.4, -0.2) is 59.3 Å². The monoisotopic (exact) mass is 397 g/mol. The zero-order valence-electron chi connectivity index (χ0n) is 16.5. The molecule has 2 aromatic rings. The number of amides is 1. The zero-order valence-corrected chi connectivity index (χ0v) is 16.5. The molecule has 1 aromatic heterocycles. The van der Waals surface area contributed by atoms with Gasteiger partial charge in [-0.15, -0.1) is 0 Å². The molecule has 3 fully saturated rings. The van der Waals surface area contributed by atoms with Crippen molar-refractivity contribution >= 4 is 5.91 Å². The molecular formula is C22H28FN5O. The molecule has 0 spiro atoms. The lowest BCUT2D eigenvalue weighted by molar-refractivity contribution is -0.0371. The summed E-state index contributed by atoms with van der Waals surface area (Å²) < 4.78 is 13.6. The third kappa shape index (κ3) is 3.57. The van der Waals surface area contributed by atoms with E-state index < -0.39 is 0 Å². The molecule has 0 aliphatic carbocycles. The van der Waals surface area contributed by atoms with Gasteiger partial charge in [-0.3, -0.25) is 14.8 Å². The van der Waals surface area contributed by atoms with E-state index in [-0.39, 0.29) is 11.7 Å². The molecule has 0 radical (unpaired) electrons. The molecular weight excluding hydrogens is 369 g/mol. The largest absolute Gasteiger partial charge is 0.350 e. The molecule has 4 atom stereocenters. The summed E-state index contributed by atoms with van der Waals surface area (Å²) in [6.45, 7) is 3.93. The number of carbonyl (C=O) groups excluding carboxylic acids is 1. The highest BCUT2D eigenvalue weighted by atomic mass is 19.1. The van der Waals surface area contributed by atoms with Gasteiger partial charge in [-0.2, -0.15) is 5.10 Å². The second-order valence-electron chi connectivity index (χ2n) is 8.66. The predicted molar refractivity (Wildman–Crippen MR) is 109 cm³/mol. The van der Waals surface area contributed by atoms with Gasteiger partial charge in [0.05, 0.1) is 17.5 Å². The van der Waals surface area contributed by atoms with Gasteiger partial charge in [-0.1, -0.05) is 18.6 Å². The number of piperidine rings is 3. The van der Waals surface area contributed by atoms with Gasteiger partial charge in [0.25, 0.3) is 5.91 Å². The van der Waals surface area contributed by atoms with Crippen LogP contribution >= 0.6 is 0 Å². The van der Waals surface area contributed by atoms with Crippen molar-refractivity contribution in [1.29, 1.82) is 0 Å². The van der Waals surface area contributed by atoms with Crippen molar-refractivity contribution in [2.75, 3.05) is 26.2 Å². The van der Waals surface area contributed by atoms with Gasteiger partial charge in [-0.25, -0.2) is 4.39 Å². The summed E-state index contributed by atoms with van der Waals surface area (Å²) >= 11 is 0. The zero-order chi connectivity index (χ0) is 19.8. The molecule has 0 unspecified atom stereocenters. The first kappa shape index (κ1) is 18.8. The van der Waals surface area contributed by atoms with E-state index in [1.807, 2.05) is 0 Å². The first-order valence-corrected chi connectivity index (χ1v) is 10.7. The molecule has 3 aliphatic heterocycles. The van der Waals surface area contributed by atoms with Gasteiger partial charge < -0.3 is 10.6 Å². The number of carbonyl (C=O) groups is 1. The number of hydrogen-bond donors (Lipinski definition) is 3. The summed E-state index contributed by atoms with van der Waals surface area (Å²) in [5.41, 5.74) is 1.64. The van der Waals surface area contributed by atoms with Crippen molar-refractivity contribution in [3.8, 4) is 11.3 Å². The number of aromatic amines is 1. The number of nitrogens with one attached hydrogen (secondary N) is 3. The predicted octanol–water partition coefficient (Wildman–Crippen LogP) is 2.41. The Morgan fingerprint density at radius 3 is 3.07 bits per heavy atom. The summed E-state index contributed by atoms with van der Waals surface area (Å²) in [4.78, 5) is 15.6. The number of halogens is 1. The second kappa shape index (κ2) is 7.88. The van der Waals surface area contributed by atoms with Crippen LogP contribution in [0.25, 0.3) is 11.3 Å². The van der Waals surface area contributed by atoms with Gasteiger partial charge >= 0.3 is 0 Å². The van der Waals surface area contributed by atoms with Crippen molar-refractivity contribution in [1.82, 2.24) is 25.7 Å². The molecule has 6 nitrogen and oxygen atoms in total. The minimum absolute atomic E-state index is 0.155. The summed E-state index contributed by atoms with van der Waals surface area (Å²) in [6.07, 6.45) is 6.62. The average molecular weight is 397 g/mol. The lowest BCUT2D eigenvalue weighted by Gasteiger charge is -2.55. The molecule has 7 heteroatoms. The Morgan fingerprint density at radius 2 is 2.17 bits per heavy atom. The highest BCUT2D eigenvalue weighted by Gasteiger charge is 2.45. The molecule has 0 saturated carbocycles. The molecule has 3 saturated heterocycles. The molecule has 154 valence electrons. The number of nitrogens with zero attached hydrogens (tertiary/aromatic N) is 2. The minimum atomic E-state index is -0.332. The first-order chi connectivity index (χ1) is 14.2. The molecule has 4 heterocycles. The Bertz CT molecular complexity index is 884. The fourth-order valence-corrected chi connectivity index (χ4v) is 5.66. The Kier molecular flexibility index (Phi) is 5.09. The maximum Gasteiger partial charge on any atom is 0.255 e. The van der Waals surface area contributed by atoms with Crippen molar-refractivity contribution in [2.45, 2.75) is 37.8 Å². The number of H-pyrrole nitrogens is 1. The summed E-state index contributed by atoms with van der Waals surface area (Å²) in [5.74, 6) is 0.837. The van der Waals surface area contributed by atoms with Crippen LogP contribution in [0.15, 0.2) is 30.5 Å². The van der Waals surface area contributed by atoms with Crippen LogP contribution in [0.4, 0.5) is 4.39 Å². The molecule has 3 N–H and O–H groups in total. The summed E-state index contributed by atoms with van der Waals surface area (Å²) in [7, 11) is 0. The van der Waals surface area contributed by atoms with Crippen LogP contribution in [0.3, 0.4) is 0 Å². The molecule has 5 rings (SSSR count). The van der Waals surface area contributed by atoms with Crippen LogP contribution < -0.4 is 10.6 Å². The minimum Gasteiger partial charge on any atom is -0.350 e. The Morgan fingerprint density at radius 1 is 1.28 bits per heavy atom. The van der Waals surface area contributed by atoms with Gasteiger partial charge in [0.2, 0.25) is 0 Å². The molecule has 1 aromatic carbocycles. The maximum absolute atomic E-state index is 13.6. The van der Waals surface area contributed by atoms with E-state index in [2.05, 4.69) is 25.7 Å². The van der Waals surface area contributed by atoms with E-state index >= 15 is 0 Å². The highest BCUT2D eigenvalue weighted by Crippen LogP contribution is 2.38. The quantitative estimate of drug-likeness (QED) is 0.741. The van der Waals surface area contributed by atoms with E-state index in [4.69, 9.17) is 0 Å². The fraction of sp³-hybridized carbons (Fsp3) is 0.545. The lowest BCUT2D eigenvalue weighted by Crippen LogP contribution is -2.65. The topological polar surface area (TPSA) is 73.1 Å². The second-order valence-corrected chi connectivity index (χ2v) is 8.66. The van der Waals surface area contributed by atoms with Crippen molar-refractivity contribution < 1.29 is 9.18 Å². The van der Waals surface area contributed by atoms with E-state index in [0.717, 1.165) is 25.6 Å². The van der Waals surface area contributed by atoms with Crippen LogP contribution in [0.1, 0.15) is 36.0 Å². The summed E-state index contributed by atoms with van der Waals surface area (Å²) in [6, 6.07) is 7.24. The standard InChI is InChI=1S/C22H28FN5O/c23-17-5-3-4-14(9-17)21-18(12-26-27-21)22(29)25-13-20-16-8-15(10-24-11-16)19-6-1-2-7-28(19)20/h3-5,9,12,15-16,19-20,24H,1-2,6-8,10-11,13H2,(H,25,29)(H,26,27)/t15-,16+,19+,20+/m1/s1. The SMILES string of the molecule is O=C(NC[C@H]1[C@@H]2CNC[C@@H](C2)[C@@H]2CCCCN21)c1cn[nH]c1-c1cccc(F)c1. The van der Waals surface area contributed by atoms with Gasteiger partial charge in [0.15, 0.2) is 0 Å². The van der Waals surface area contributed by atoms with Crippen LogP contribution in [0.2, 0.25) is 0 Å². The number of aromatic nitrogens is 2. The molecule has 29 heavy (non-hydrogen) atoms. The maximum atomic E-state index is 13.6. The van der Waals surface area contributed by atoms with Crippen LogP contribution in [-0.2, 0) is 0 Å². The van der Waals surface area contributed by atoms with Gasteiger partial charge in [0.1, 0.15) is 5.82 Å². The Labute approximate surface area is 170 Å². The normalized spacial score (nSPS) is 29.3. The molecule has 1 amide bonds. The van der Waals surface area contributed by atoms with Gasteiger partial charge in [-0.05, 0) is 62.9 Å². The fourth-order valence-electron chi connectivity index (χ4n) is 5.66. The molecule has 3 aliphatic rings. The third-order valence-electron chi connectivity index (χ3n) is 6.99. The number of fused-ring (bicyclic) bond motifs is 4.